The van der Waals surface area contributed by atoms with Gasteiger partial charge < -0.3 is 9.47 Å². The molecule has 0 rings (SSSR count). The van der Waals surface area contributed by atoms with Crippen LogP contribution in [0.4, 0.5) is 0 Å². The molecule has 1 atom stereocenters. The fourth-order valence-corrected chi connectivity index (χ4v) is 0.617. The first-order valence-electron chi connectivity index (χ1n) is 3.91. The lowest BCUT2D eigenvalue weighted by atomic mass is 10.4. The molecular weight excluding hydrogens is 160 g/mol. The van der Waals surface area contributed by atoms with Crippen LogP contribution in [0.5, 0.6) is 0 Å². The third-order valence-corrected chi connectivity index (χ3v) is 1.12. The van der Waals surface area contributed by atoms with Gasteiger partial charge in [-0.15, -0.1) is 0 Å². The molecule has 70 valence electrons. The maximum Gasteiger partial charge on any atom is 0.347 e. The molecule has 4 heteroatoms. The van der Waals surface area contributed by atoms with Crippen molar-refractivity contribution in [2.75, 3.05) is 6.61 Å². The van der Waals surface area contributed by atoms with Crippen LogP contribution < -0.4 is 0 Å². The third-order valence-electron chi connectivity index (χ3n) is 1.12. The van der Waals surface area contributed by atoms with Gasteiger partial charge in [-0.05, 0) is 13.3 Å². The Kier molecular flexibility index (Phi) is 5.08. The molecule has 0 heterocycles. The molecule has 0 unspecified atom stereocenters. The molecule has 0 spiro atoms. The van der Waals surface area contributed by atoms with E-state index in [0.29, 0.717) is 6.61 Å². The van der Waals surface area contributed by atoms with E-state index in [-0.39, 0.29) is 0 Å². The van der Waals surface area contributed by atoms with Gasteiger partial charge in [-0.1, -0.05) is 6.92 Å². The first-order valence-corrected chi connectivity index (χ1v) is 3.91. The summed E-state index contributed by atoms with van der Waals surface area (Å²) in [7, 11) is 0. The van der Waals surface area contributed by atoms with Gasteiger partial charge in [-0.2, -0.15) is 0 Å². The average Bonchev–Trinajstić information content (AvgIpc) is 1.98. The third kappa shape index (κ3) is 4.71. The van der Waals surface area contributed by atoms with Gasteiger partial charge >= 0.3 is 11.9 Å². The van der Waals surface area contributed by atoms with Crippen LogP contribution in [-0.4, -0.2) is 24.6 Å². The predicted molar refractivity (Wildman–Crippen MR) is 42.5 cm³/mol. The average molecular weight is 174 g/mol. The van der Waals surface area contributed by atoms with Crippen molar-refractivity contribution < 1.29 is 19.1 Å². The molecule has 0 saturated heterocycles. The number of ether oxygens (including phenoxy) is 2. The first-order chi connectivity index (χ1) is 5.57. The second-order valence-corrected chi connectivity index (χ2v) is 2.42. The largest absolute Gasteiger partial charge is 0.463 e. The van der Waals surface area contributed by atoms with Crippen molar-refractivity contribution in [3.8, 4) is 0 Å². The van der Waals surface area contributed by atoms with Crippen LogP contribution >= 0.6 is 0 Å². The lowest BCUT2D eigenvalue weighted by molar-refractivity contribution is -0.165. The van der Waals surface area contributed by atoms with Gasteiger partial charge in [0.05, 0.1) is 6.61 Å². The SMILES string of the molecule is CCCOC(=O)[C@@H](C)OC(C)=O. The molecule has 0 aromatic carbocycles. The summed E-state index contributed by atoms with van der Waals surface area (Å²) in [5.74, 6) is -0.969. The highest BCUT2D eigenvalue weighted by molar-refractivity contribution is 5.78. The molecule has 0 aliphatic heterocycles. The molecule has 4 nitrogen and oxygen atoms in total. The molecule has 0 N–H and O–H groups in total. The van der Waals surface area contributed by atoms with Crippen molar-refractivity contribution in [1.82, 2.24) is 0 Å². The van der Waals surface area contributed by atoms with Gasteiger partial charge in [0, 0.05) is 6.92 Å². The van der Waals surface area contributed by atoms with Gasteiger partial charge in [0.15, 0.2) is 6.10 Å². The van der Waals surface area contributed by atoms with Crippen LogP contribution in [0.1, 0.15) is 27.2 Å². The van der Waals surface area contributed by atoms with Gasteiger partial charge in [0.1, 0.15) is 0 Å². The lowest BCUT2D eigenvalue weighted by Gasteiger charge is -2.10. The molecule has 12 heavy (non-hydrogen) atoms. The van der Waals surface area contributed by atoms with Gasteiger partial charge in [-0.3, -0.25) is 4.79 Å². The van der Waals surface area contributed by atoms with Crippen molar-refractivity contribution in [1.29, 1.82) is 0 Å². The zero-order valence-electron chi connectivity index (χ0n) is 7.62. The summed E-state index contributed by atoms with van der Waals surface area (Å²) < 4.78 is 9.33. The monoisotopic (exact) mass is 174 g/mol. The van der Waals surface area contributed by atoms with Crippen LogP contribution in [0.15, 0.2) is 0 Å². The summed E-state index contributed by atoms with van der Waals surface area (Å²) in [6, 6.07) is 0. The minimum absolute atomic E-state index is 0.366. The number of rotatable bonds is 4. The summed E-state index contributed by atoms with van der Waals surface area (Å²) in [5, 5.41) is 0. The van der Waals surface area contributed by atoms with E-state index >= 15 is 0 Å². The second-order valence-electron chi connectivity index (χ2n) is 2.42. The number of carbonyl (C=O) groups excluding carboxylic acids is 2. The molecular formula is C8H14O4. The Morgan fingerprint density at radius 2 is 2.00 bits per heavy atom. The first kappa shape index (κ1) is 10.9. The zero-order valence-corrected chi connectivity index (χ0v) is 7.62. The Morgan fingerprint density at radius 1 is 1.42 bits per heavy atom. The smallest absolute Gasteiger partial charge is 0.347 e. The second kappa shape index (κ2) is 5.57. The van der Waals surface area contributed by atoms with Gasteiger partial charge in [0.25, 0.3) is 0 Å². The fourth-order valence-electron chi connectivity index (χ4n) is 0.617. The lowest BCUT2D eigenvalue weighted by Crippen LogP contribution is -2.25. The van der Waals surface area contributed by atoms with E-state index in [1.807, 2.05) is 6.92 Å². The normalized spacial score (nSPS) is 11.9. The molecule has 0 aromatic rings. The van der Waals surface area contributed by atoms with Crippen LogP contribution in [-0.2, 0) is 19.1 Å². The number of hydrogen-bond donors (Lipinski definition) is 0. The molecule has 0 aromatic heterocycles. The maximum atomic E-state index is 10.9. The Labute approximate surface area is 71.8 Å². The number of carbonyl (C=O) groups is 2. The van der Waals surface area contributed by atoms with Crippen molar-refractivity contribution >= 4 is 11.9 Å². The van der Waals surface area contributed by atoms with E-state index in [4.69, 9.17) is 4.74 Å². The predicted octanol–water partition coefficient (Wildman–Crippen LogP) is 0.891. The minimum Gasteiger partial charge on any atom is -0.463 e. The Balaban J connectivity index is 3.69. The van der Waals surface area contributed by atoms with E-state index in [2.05, 4.69) is 4.74 Å². The molecule has 0 saturated carbocycles. The molecule has 0 amide bonds. The fraction of sp³-hybridized carbons (Fsp3) is 0.750. The molecule has 0 fully saturated rings. The van der Waals surface area contributed by atoms with Crippen LogP contribution in [0, 0.1) is 0 Å². The zero-order chi connectivity index (χ0) is 9.56. The van der Waals surface area contributed by atoms with E-state index in [1.165, 1.54) is 13.8 Å². The number of esters is 2. The quantitative estimate of drug-likeness (QED) is 0.594. The standard InChI is InChI=1S/C8H14O4/c1-4-5-11-8(10)6(2)12-7(3)9/h6H,4-5H2,1-3H3/t6-/m1/s1. The molecule has 0 radical (unpaired) electrons. The van der Waals surface area contributed by atoms with Crippen LogP contribution in [0.25, 0.3) is 0 Å². The van der Waals surface area contributed by atoms with Crippen LogP contribution in [0.3, 0.4) is 0 Å². The molecule has 0 aliphatic rings. The van der Waals surface area contributed by atoms with E-state index in [1.54, 1.807) is 0 Å². The van der Waals surface area contributed by atoms with Crippen molar-refractivity contribution in [3.05, 3.63) is 0 Å². The molecule has 0 bridgehead atoms. The maximum absolute atomic E-state index is 10.9. The topological polar surface area (TPSA) is 52.6 Å². The van der Waals surface area contributed by atoms with Crippen LogP contribution in [0.2, 0.25) is 0 Å². The molecule has 0 aliphatic carbocycles. The summed E-state index contributed by atoms with van der Waals surface area (Å²) in [5.41, 5.74) is 0. The highest BCUT2D eigenvalue weighted by Crippen LogP contribution is 1.95. The van der Waals surface area contributed by atoms with Gasteiger partial charge in [-0.25, -0.2) is 4.79 Å². The van der Waals surface area contributed by atoms with Crippen molar-refractivity contribution in [2.24, 2.45) is 0 Å². The minimum atomic E-state index is -0.797. The number of hydrogen-bond acceptors (Lipinski definition) is 4. The van der Waals surface area contributed by atoms with Crippen molar-refractivity contribution in [3.63, 3.8) is 0 Å². The van der Waals surface area contributed by atoms with E-state index in [9.17, 15) is 9.59 Å². The summed E-state index contributed by atoms with van der Waals surface area (Å²) in [6.45, 7) is 5.00. The highest BCUT2D eigenvalue weighted by atomic mass is 16.6. The van der Waals surface area contributed by atoms with Gasteiger partial charge in [0.2, 0.25) is 0 Å². The summed E-state index contributed by atoms with van der Waals surface area (Å²) in [4.78, 5) is 21.3. The summed E-state index contributed by atoms with van der Waals surface area (Å²) in [6.07, 6.45) is -0.0347. The Bertz CT molecular complexity index is 164. The summed E-state index contributed by atoms with van der Waals surface area (Å²) >= 11 is 0. The van der Waals surface area contributed by atoms with E-state index < -0.39 is 18.0 Å². The van der Waals surface area contributed by atoms with Crippen molar-refractivity contribution in [2.45, 2.75) is 33.3 Å². The highest BCUT2D eigenvalue weighted by Gasteiger charge is 2.16. The Hall–Kier alpha value is -1.06. The Morgan fingerprint density at radius 3 is 2.42 bits per heavy atom. The van der Waals surface area contributed by atoms with E-state index in [0.717, 1.165) is 6.42 Å².